The van der Waals surface area contributed by atoms with E-state index in [-0.39, 0.29) is 6.42 Å². The monoisotopic (exact) mass is 302 g/mol. The standard InChI is InChI=1S/C13H13F3N2O3/c14-8-5-10(16)11(6-9(8)15)17-13(21)18-3-1-2-7(18)4-12(19)20/h5-7H,1-4H2,(H,17,21)(H,19,20). The van der Waals surface area contributed by atoms with Gasteiger partial charge >= 0.3 is 12.0 Å². The molecule has 0 saturated carbocycles. The number of carbonyl (C=O) groups excluding carboxylic acids is 1. The highest BCUT2D eigenvalue weighted by molar-refractivity contribution is 5.90. The summed E-state index contributed by atoms with van der Waals surface area (Å²) in [5, 5.41) is 10.9. The molecule has 1 saturated heterocycles. The molecular weight excluding hydrogens is 289 g/mol. The zero-order valence-corrected chi connectivity index (χ0v) is 10.9. The Morgan fingerprint density at radius 3 is 2.57 bits per heavy atom. The van der Waals surface area contributed by atoms with E-state index in [1.54, 1.807) is 0 Å². The van der Waals surface area contributed by atoms with Gasteiger partial charge in [0, 0.05) is 24.7 Å². The van der Waals surface area contributed by atoms with Crippen LogP contribution in [0.1, 0.15) is 19.3 Å². The summed E-state index contributed by atoms with van der Waals surface area (Å²) >= 11 is 0. The number of carboxylic acid groups (broad SMARTS) is 1. The quantitative estimate of drug-likeness (QED) is 0.843. The van der Waals surface area contributed by atoms with Crippen molar-refractivity contribution in [2.24, 2.45) is 0 Å². The van der Waals surface area contributed by atoms with Gasteiger partial charge in [-0.2, -0.15) is 0 Å². The summed E-state index contributed by atoms with van der Waals surface area (Å²) in [4.78, 5) is 24.0. The maximum Gasteiger partial charge on any atom is 0.322 e. The van der Waals surface area contributed by atoms with Gasteiger partial charge in [-0.15, -0.1) is 0 Å². The highest BCUT2D eigenvalue weighted by Crippen LogP contribution is 2.23. The average Bonchev–Trinajstić information content (AvgIpc) is 2.83. The predicted molar refractivity (Wildman–Crippen MR) is 67.3 cm³/mol. The van der Waals surface area contributed by atoms with E-state index in [2.05, 4.69) is 5.32 Å². The van der Waals surface area contributed by atoms with Gasteiger partial charge in [0.1, 0.15) is 5.82 Å². The fourth-order valence-electron chi connectivity index (χ4n) is 2.32. The number of nitrogens with zero attached hydrogens (tertiary/aromatic N) is 1. The van der Waals surface area contributed by atoms with Gasteiger partial charge in [-0.1, -0.05) is 0 Å². The van der Waals surface area contributed by atoms with Gasteiger partial charge in [0.25, 0.3) is 0 Å². The predicted octanol–water partition coefficient (Wildman–Crippen LogP) is 2.57. The number of anilines is 1. The van der Waals surface area contributed by atoms with Gasteiger partial charge in [0.05, 0.1) is 12.1 Å². The first-order valence-corrected chi connectivity index (χ1v) is 6.32. The summed E-state index contributed by atoms with van der Waals surface area (Å²) in [7, 11) is 0. The Labute approximate surface area is 118 Å². The van der Waals surface area contributed by atoms with E-state index in [1.807, 2.05) is 0 Å². The van der Waals surface area contributed by atoms with Crippen LogP contribution in [-0.4, -0.2) is 34.6 Å². The van der Waals surface area contributed by atoms with Crippen LogP contribution < -0.4 is 5.32 Å². The van der Waals surface area contributed by atoms with Crippen molar-refractivity contribution in [3.8, 4) is 0 Å². The molecule has 2 N–H and O–H groups in total. The second-order valence-corrected chi connectivity index (χ2v) is 4.76. The molecule has 1 aliphatic heterocycles. The second kappa shape index (κ2) is 6.02. The lowest BCUT2D eigenvalue weighted by atomic mass is 10.1. The molecule has 0 radical (unpaired) electrons. The average molecular weight is 302 g/mol. The van der Waals surface area contributed by atoms with Crippen LogP contribution in [0.4, 0.5) is 23.7 Å². The molecule has 0 spiro atoms. The normalized spacial score (nSPS) is 17.9. The largest absolute Gasteiger partial charge is 0.481 e. The van der Waals surface area contributed by atoms with Crippen LogP contribution in [0.3, 0.4) is 0 Å². The number of hydrogen-bond acceptors (Lipinski definition) is 2. The number of halogens is 3. The van der Waals surface area contributed by atoms with E-state index in [4.69, 9.17) is 5.11 Å². The molecule has 1 heterocycles. The number of benzene rings is 1. The molecule has 114 valence electrons. The Morgan fingerprint density at radius 1 is 1.24 bits per heavy atom. The number of nitrogens with one attached hydrogen (secondary N) is 1. The minimum absolute atomic E-state index is 0.215. The van der Waals surface area contributed by atoms with E-state index in [1.165, 1.54) is 4.90 Å². The molecule has 1 aliphatic rings. The Kier molecular flexibility index (Phi) is 4.35. The molecule has 1 atom stereocenters. The molecule has 1 aromatic rings. The number of amides is 2. The lowest BCUT2D eigenvalue weighted by Crippen LogP contribution is -2.39. The maximum absolute atomic E-state index is 13.5. The number of rotatable bonds is 3. The molecule has 1 unspecified atom stereocenters. The zero-order valence-electron chi connectivity index (χ0n) is 10.9. The Bertz CT molecular complexity index is 580. The molecule has 8 heteroatoms. The van der Waals surface area contributed by atoms with Crippen LogP contribution in [-0.2, 0) is 4.79 Å². The van der Waals surface area contributed by atoms with Gasteiger partial charge in [-0.3, -0.25) is 4.79 Å². The number of aliphatic carboxylic acids is 1. The summed E-state index contributed by atoms with van der Waals surface area (Å²) in [5.74, 6) is -4.78. The zero-order chi connectivity index (χ0) is 15.6. The topological polar surface area (TPSA) is 69.6 Å². The highest BCUT2D eigenvalue weighted by atomic mass is 19.2. The molecule has 2 amide bonds. The van der Waals surface area contributed by atoms with Crippen molar-refractivity contribution < 1.29 is 27.9 Å². The van der Waals surface area contributed by atoms with Crippen molar-refractivity contribution in [3.05, 3.63) is 29.6 Å². The molecule has 2 rings (SSSR count). The minimum atomic E-state index is -1.35. The van der Waals surface area contributed by atoms with Crippen LogP contribution in [0.25, 0.3) is 0 Å². The fraction of sp³-hybridized carbons (Fsp3) is 0.385. The summed E-state index contributed by atoms with van der Waals surface area (Å²) in [6, 6.07) is -0.339. The van der Waals surface area contributed by atoms with Crippen molar-refractivity contribution in [1.82, 2.24) is 4.90 Å². The number of urea groups is 1. The maximum atomic E-state index is 13.5. The molecule has 5 nitrogen and oxygen atoms in total. The SMILES string of the molecule is O=C(O)CC1CCCN1C(=O)Nc1cc(F)c(F)cc1F. The lowest BCUT2D eigenvalue weighted by molar-refractivity contribution is -0.137. The third-order valence-corrected chi connectivity index (χ3v) is 3.30. The van der Waals surface area contributed by atoms with Crippen LogP contribution in [0, 0.1) is 17.5 Å². The van der Waals surface area contributed by atoms with Crippen molar-refractivity contribution >= 4 is 17.7 Å². The van der Waals surface area contributed by atoms with Gasteiger partial charge in [0.2, 0.25) is 0 Å². The van der Waals surface area contributed by atoms with E-state index >= 15 is 0 Å². The fourth-order valence-corrected chi connectivity index (χ4v) is 2.32. The van der Waals surface area contributed by atoms with Gasteiger partial charge in [-0.25, -0.2) is 18.0 Å². The molecule has 1 fully saturated rings. The molecule has 0 bridgehead atoms. The summed E-state index contributed by atoms with van der Waals surface area (Å²) in [5.41, 5.74) is -0.486. The first-order chi connectivity index (χ1) is 9.88. The van der Waals surface area contributed by atoms with Gasteiger partial charge in [-0.05, 0) is 12.8 Å². The Hall–Kier alpha value is -2.25. The Balaban J connectivity index is 2.10. The van der Waals surface area contributed by atoms with Crippen molar-refractivity contribution in [1.29, 1.82) is 0 Å². The highest BCUT2D eigenvalue weighted by Gasteiger charge is 2.30. The van der Waals surface area contributed by atoms with Crippen molar-refractivity contribution in [3.63, 3.8) is 0 Å². The number of hydrogen-bond donors (Lipinski definition) is 2. The minimum Gasteiger partial charge on any atom is -0.481 e. The number of carbonyl (C=O) groups is 2. The Morgan fingerprint density at radius 2 is 1.90 bits per heavy atom. The smallest absolute Gasteiger partial charge is 0.322 e. The van der Waals surface area contributed by atoms with E-state index in [0.717, 1.165) is 0 Å². The second-order valence-electron chi connectivity index (χ2n) is 4.76. The third-order valence-electron chi connectivity index (χ3n) is 3.30. The van der Waals surface area contributed by atoms with Crippen molar-refractivity contribution in [2.45, 2.75) is 25.3 Å². The lowest BCUT2D eigenvalue weighted by Gasteiger charge is -2.23. The molecular formula is C13H13F3N2O3. The molecule has 21 heavy (non-hydrogen) atoms. The van der Waals surface area contributed by atoms with Crippen molar-refractivity contribution in [2.75, 3.05) is 11.9 Å². The molecule has 1 aromatic carbocycles. The van der Waals surface area contributed by atoms with Gasteiger partial charge < -0.3 is 15.3 Å². The van der Waals surface area contributed by atoms with Crippen LogP contribution in [0.15, 0.2) is 12.1 Å². The first-order valence-electron chi connectivity index (χ1n) is 6.32. The first kappa shape index (κ1) is 15.1. The van der Waals surface area contributed by atoms with E-state index in [9.17, 15) is 22.8 Å². The van der Waals surface area contributed by atoms with Crippen LogP contribution >= 0.6 is 0 Å². The number of likely N-dealkylation sites (tertiary alicyclic amines) is 1. The summed E-state index contributed by atoms with van der Waals surface area (Å²) in [6.07, 6.45) is 0.944. The van der Waals surface area contributed by atoms with Crippen LogP contribution in [0.2, 0.25) is 0 Å². The number of carboxylic acids is 1. The third kappa shape index (κ3) is 3.45. The van der Waals surface area contributed by atoms with E-state index < -0.39 is 41.2 Å². The van der Waals surface area contributed by atoms with Gasteiger partial charge in [0.15, 0.2) is 11.6 Å². The van der Waals surface area contributed by atoms with Crippen LogP contribution in [0.5, 0.6) is 0 Å². The molecule has 0 aromatic heterocycles. The molecule has 0 aliphatic carbocycles. The summed E-state index contributed by atoms with van der Waals surface area (Å²) in [6.45, 7) is 0.328. The summed E-state index contributed by atoms with van der Waals surface area (Å²) < 4.78 is 39.3. The van der Waals surface area contributed by atoms with E-state index in [0.29, 0.717) is 31.5 Å².